The molecule has 1 N–H and O–H groups in total. The highest BCUT2D eigenvalue weighted by molar-refractivity contribution is 5.96. The Balaban J connectivity index is 1.97. The summed E-state index contributed by atoms with van der Waals surface area (Å²) >= 11 is 0. The van der Waals surface area contributed by atoms with Crippen LogP contribution in [0.2, 0.25) is 0 Å². The number of hydrogen-bond acceptors (Lipinski definition) is 7. The number of ether oxygens (including phenoxy) is 3. The molecule has 2 atom stereocenters. The summed E-state index contributed by atoms with van der Waals surface area (Å²) in [6.45, 7) is 2.92. The Hall–Kier alpha value is -3.62. The van der Waals surface area contributed by atoms with Crippen LogP contribution in [0.25, 0.3) is 0 Å². The Morgan fingerprint density at radius 3 is 2.36 bits per heavy atom. The second kappa shape index (κ2) is 9.36. The van der Waals surface area contributed by atoms with Crippen LogP contribution in [0.4, 0.5) is 11.4 Å². The topological polar surface area (TPSA) is 117 Å². The number of nitrogens with zero attached hydrogens (tertiary/aromatic N) is 1. The van der Waals surface area contributed by atoms with Crippen LogP contribution in [0.5, 0.6) is 11.5 Å². The van der Waals surface area contributed by atoms with Crippen LogP contribution in [-0.4, -0.2) is 36.1 Å². The minimum absolute atomic E-state index is 0.113. The SMILES string of the molecule is COc1cc([N+](=O)[O-])ccc1NC(=O)[C@H](C)OC(=O)[C@H](C)Oc1ccccc1. The fraction of sp³-hybridized carbons (Fsp3) is 0.263. The van der Waals surface area contributed by atoms with E-state index in [-0.39, 0.29) is 17.1 Å². The lowest BCUT2D eigenvalue weighted by Crippen LogP contribution is -2.35. The molecule has 0 bridgehead atoms. The van der Waals surface area contributed by atoms with Crippen LogP contribution >= 0.6 is 0 Å². The Bertz CT molecular complexity index is 855. The molecule has 0 unspecified atom stereocenters. The number of methoxy groups -OCH3 is 1. The van der Waals surface area contributed by atoms with Gasteiger partial charge in [0.25, 0.3) is 11.6 Å². The number of nitro benzene ring substituents is 1. The smallest absolute Gasteiger partial charge is 0.347 e. The summed E-state index contributed by atoms with van der Waals surface area (Å²) in [5.74, 6) is -0.712. The first-order chi connectivity index (χ1) is 13.3. The van der Waals surface area contributed by atoms with Crippen molar-refractivity contribution in [2.24, 2.45) is 0 Å². The zero-order valence-electron chi connectivity index (χ0n) is 15.6. The van der Waals surface area contributed by atoms with Gasteiger partial charge in [-0.15, -0.1) is 0 Å². The van der Waals surface area contributed by atoms with Gasteiger partial charge in [-0.2, -0.15) is 0 Å². The summed E-state index contributed by atoms with van der Waals surface area (Å²) in [4.78, 5) is 34.7. The minimum Gasteiger partial charge on any atom is -0.494 e. The van der Waals surface area contributed by atoms with E-state index in [1.165, 1.54) is 39.2 Å². The third-order valence-electron chi connectivity index (χ3n) is 3.70. The molecule has 0 aliphatic rings. The number of para-hydroxylation sites is 1. The van der Waals surface area contributed by atoms with E-state index in [2.05, 4.69) is 5.32 Å². The maximum Gasteiger partial charge on any atom is 0.347 e. The van der Waals surface area contributed by atoms with Crippen molar-refractivity contribution in [1.29, 1.82) is 0 Å². The van der Waals surface area contributed by atoms with E-state index < -0.39 is 29.0 Å². The quantitative estimate of drug-likeness (QED) is 0.420. The molecule has 2 rings (SSSR count). The summed E-state index contributed by atoms with van der Waals surface area (Å²) in [6.07, 6.45) is -2.03. The fourth-order valence-electron chi connectivity index (χ4n) is 2.21. The van der Waals surface area contributed by atoms with Gasteiger partial charge in [-0.25, -0.2) is 4.79 Å². The second-order valence-electron chi connectivity index (χ2n) is 5.78. The highest BCUT2D eigenvalue weighted by Gasteiger charge is 2.24. The molecule has 0 saturated heterocycles. The summed E-state index contributed by atoms with van der Waals surface area (Å²) in [5.41, 5.74) is 0.0378. The van der Waals surface area contributed by atoms with Gasteiger partial charge in [0, 0.05) is 6.07 Å². The van der Waals surface area contributed by atoms with Crippen molar-refractivity contribution in [3.63, 3.8) is 0 Å². The van der Waals surface area contributed by atoms with E-state index in [1.807, 2.05) is 6.07 Å². The van der Waals surface area contributed by atoms with E-state index in [4.69, 9.17) is 14.2 Å². The maximum absolute atomic E-state index is 12.3. The Morgan fingerprint density at radius 2 is 1.75 bits per heavy atom. The van der Waals surface area contributed by atoms with E-state index in [9.17, 15) is 19.7 Å². The predicted molar refractivity (Wildman–Crippen MR) is 100 cm³/mol. The van der Waals surface area contributed by atoms with Crippen LogP contribution in [-0.2, 0) is 14.3 Å². The first kappa shape index (κ1) is 20.7. The molecule has 0 fully saturated rings. The molecular weight excluding hydrogens is 368 g/mol. The number of esters is 1. The molecule has 0 radical (unpaired) electrons. The number of non-ortho nitro benzene ring substituents is 1. The van der Waals surface area contributed by atoms with Crippen molar-refractivity contribution in [3.8, 4) is 11.5 Å². The van der Waals surface area contributed by atoms with Crippen LogP contribution in [0, 0.1) is 10.1 Å². The van der Waals surface area contributed by atoms with Gasteiger partial charge in [0.1, 0.15) is 11.5 Å². The molecule has 9 nitrogen and oxygen atoms in total. The molecule has 0 aliphatic carbocycles. The normalized spacial score (nSPS) is 12.4. The summed E-state index contributed by atoms with van der Waals surface area (Å²) in [5, 5.41) is 13.3. The van der Waals surface area contributed by atoms with Crippen molar-refractivity contribution in [1.82, 2.24) is 0 Å². The van der Waals surface area contributed by atoms with E-state index in [1.54, 1.807) is 24.3 Å². The van der Waals surface area contributed by atoms with Crippen LogP contribution in [0.15, 0.2) is 48.5 Å². The van der Waals surface area contributed by atoms with Gasteiger partial charge >= 0.3 is 5.97 Å². The van der Waals surface area contributed by atoms with Crippen molar-refractivity contribution in [2.45, 2.75) is 26.1 Å². The lowest BCUT2D eigenvalue weighted by atomic mass is 10.2. The average Bonchev–Trinajstić information content (AvgIpc) is 2.68. The van der Waals surface area contributed by atoms with Crippen molar-refractivity contribution in [3.05, 3.63) is 58.6 Å². The van der Waals surface area contributed by atoms with Gasteiger partial charge in [0.15, 0.2) is 12.2 Å². The summed E-state index contributed by atoms with van der Waals surface area (Å²) in [6, 6.07) is 12.5. The summed E-state index contributed by atoms with van der Waals surface area (Å²) < 4.78 is 15.6. The van der Waals surface area contributed by atoms with Crippen LogP contribution in [0.3, 0.4) is 0 Å². The molecule has 28 heavy (non-hydrogen) atoms. The van der Waals surface area contributed by atoms with Gasteiger partial charge in [-0.1, -0.05) is 18.2 Å². The van der Waals surface area contributed by atoms with Gasteiger partial charge in [0.05, 0.1) is 23.8 Å². The molecule has 0 aromatic heterocycles. The lowest BCUT2D eigenvalue weighted by Gasteiger charge is -2.18. The molecule has 1 amide bonds. The van der Waals surface area contributed by atoms with Gasteiger partial charge < -0.3 is 19.5 Å². The number of nitrogens with one attached hydrogen (secondary N) is 1. The molecule has 148 valence electrons. The molecule has 0 saturated carbocycles. The molecule has 0 aliphatic heterocycles. The second-order valence-corrected chi connectivity index (χ2v) is 5.78. The van der Waals surface area contributed by atoms with E-state index in [0.29, 0.717) is 5.75 Å². The fourth-order valence-corrected chi connectivity index (χ4v) is 2.21. The highest BCUT2D eigenvalue weighted by Crippen LogP contribution is 2.29. The number of amides is 1. The first-order valence-corrected chi connectivity index (χ1v) is 8.37. The zero-order chi connectivity index (χ0) is 20.7. The molecular formula is C19H20N2O7. The van der Waals surface area contributed by atoms with Gasteiger partial charge in [0.2, 0.25) is 0 Å². The van der Waals surface area contributed by atoms with Crippen LogP contribution < -0.4 is 14.8 Å². The number of rotatable bonds is 8. The number of hydrogen-bond donors (Lipinski definition) is 1. The molecule has 0 heterocycles. The van der Waals surface area contributed by atoms with E-state index in [0.717, 1.165) is 0 Å². The Labute approximate surface area is 161 Å². The van der Waals surface area contributed by atoms with Crippen molar-refractivity contribution in [2.75, 3.05) is 12.4 Å². The largest absolute Gasteiger partial charge is 0.494 e. The van der Waals surface area contributed by atoms with E-state index >= 15 is 0 Å². The predicted octanol–water partition coefficient (Wildman–Crippen LogP) is 2.94. The molecule has 9 heteroatoms. The third kappa shape index (κ3) is 5.44. The maximum atomic E-state index is 12.3. The summed E-state index contributed by atoms with van der Waals surface area (Å²) in [7, 11) is 1.32. The molecule has 0 spiro atoms. The number of benzene rings is 2. The molecule has 2 aromatic carbocycles. The van der Waals surface area contributed by atoms with Gasteiger partial charge in [-0.05, 0) is 32.0 Å². The zero-order valence-corrected chi connectivity index (χ0v) is 15.6. The van der Waals surface area contributed by atoms with Crippen molar-refractivity contribution >= 4 is 23.3 Å². The number of nitro groups is 1. The number of carbonyl (C=O) groups excluding carboxylic acids is 2. The number of anilines is 1. The van der Waals surface area contributed by atoms with Crippen molar-refractivity contribution < 1.29 is 28.7 Å². The Kier molecular flexibility index (Phi) is 6.91. The van der Waals surface area contributed by atoms with Gasteiger partial charge in [-0.3, -0.25) is 14.9 Å². The van der Waals surface area contributed by atoms with Crippen LogP contribution in [0.1, 0.15) is 13.8 Å². The third-order valence-corrected chi connectivity index (χ3v) is 3.70. The standard InChI is InChI=1S/C19H20N2O7/c1-12(28-19(23)13(2)27-15-7-5-4-6-8-15)18(22)20-16-10-9-14(21(24)25)11-17(16)26-3/h4-13H,1-3H3,(H,20,22)/t12-,13-/m0/s1. The monoisotopic (exact) mass is 388 g/mol. The molecule has 2 aromatic rings. The highest BCUT2D eigenvalue weighted by atomic mass is 16.6. The average molecular weight is 388 g/mol. The minimum atomic E-state index is -1.12. The number of carbonyl (C=O) groups is 2. The Morgan fingerprint density at radius 1 is 1.07 bits per heavy atom. The first-order valence-electron chi connectivity index (χ1n) is 8.37. The lowest BCUT2D eigenvalue weighted by molar-refractivity contribution is -0.384.